The molecule has 2 aromatic rings. The van der Waals surface area contributed by atoms with Gasteiger partial charge in [0, 0.05) is 42.9 Å². The highest BCUT2D eigenvalue weighted by Crippen LogP contribution is 2.30. The van der Waals surface area contributed by atoms with Crippen molar-refractivity contribution in [3.63, 3.8) is 0 Å². The van der Waals surface area contributed by atoms with Gasteiger partial charge >= 0.3 is 5.69 Å². The molecule has 0 aliphatic carbocycles. The fourth-order valence-corrected chi connectivity index (χ4v) is 3.18. The van der Waals surface area contributed by atoms with E-state index >= 15 is 0 Å². The van der Waals surface area contributed by atoms with E-state index in [0.29, 0.717) is 36.8 Å². The summed E-state index contributed by atoms with van der Waals surface area (Å²) < 4.78 is 26.3. The van der Waals surface area contributed by atoms with Crippen LogP contribution in [0.15, 0.2) is 30.3 Å². The average molecular weight is 371 g/mol. The lowest BCUT2D eigenvalue weighted by atomic mass is 9.93. The monoisotopic (exact) mass is 371 g/mol. The Kier molecular flexibility index (Phi) is 5.65. The van der Waals surface area contributed by atoms with Gasteiger partial charge in [-0.2, -0.15) is 0 Å². The van der Waals surface area contributed by atoms with Crippen molar-refractivity contribution in [1.82, 2.24) is 4.98 Å². The zero-order valence-corrected chi connectivity index (χ0v) is 14.9. The quantitative estimate of drug-likeness (QED) is 0.460. The zero-order chi connectivity index (χ0) is 19.4. The number of piperidine rings is 1. The van der Waals surface area contributed by atoms with Crippen molar-refractivity contribution >= 4 is 11.5 Å². The van der Waals surface area contributed by atoms with Crippen LogP contribution in [0.25, 0.3) is 0 Å². The molecule has 0 atom stereocenters. The van der Waals surface area contributed by atoms with Gasteiger partial charge in [0.1, 0.15) is 11.6 Å². The number of benzene rings is 1. The van der Waals surface area contributed by atoms with E-state index < -0.39 is 16.6 Å². The Bertz CT molecular complexity index is 893. The van der Waals surface area contributed by atoms with Gasteiger partial charge in [0.25, 0.3) is 0 Å². The summed E-state index contributed by atoms with van der Waals surface area (Å²) in [4.78, 5) is 17.1. The van der Waals surface area contributed by atoms with Gasteiger partial charge in [-0.25, -0.2) is 13.8 Å². The summed E-state index contributed by atoms with van der Waals surface area (Å²) in [5.74, 6) is 5.28. The summed E-state index contributed by atoms with van der Waals surface area (Å²) in [7, 11) is 0. The maximum atomic E-state index is 13.2. The van der Waals surface area contributed by atoms with Crippen LogP contribution in [-0.2, 0) is 0 Å². The number of hydrogen-bond donors (Lipinski definition) is 0. The van der Waals surface area contributed by atoms with Crippen LogP contribution in [0.1, 0.15) is 30.5 Å². The van der Waals surface area contributed by atoms with Gasteiger partial charge in [-0.15, -0.1) is 0 Å². The molecular formula is C20H19F2N3O2. The molecule has 7 heteroatoms. The first-order chi connectivity index (χ1) is 12.9. The smallest absolute Gasteiger partial charge is 0.311 e. The maximum absolute atomic E-state index is 13.2. The summed E-state index contributed by atoms with van der Waals surface area (Å²) in [5.41, 5.74) is 1.09. The van der Waals surface area contributed by atoms with Crippen LogP contribution >= 0.6 is 0 Å². The minimum Gasteiger partial charge on any atom is -0.351 e. The molecule has 1 fully saturated rings. The molecule has 0 N–H and O–H groups in total. The topological polar surface area (TPSA) is 59.3 Å². The molecule has 0 radical (unpaired) electrons. The summed E-state index contributed by atoms with van der Waals surface area (Å²) in [6.07, 6.45) is 2.28. The van der Waals surface area contributed by atoms with Gasteiger partial charge in [-0.1, -0.05) is 11.8 Å². The average Bonchev–Trinajstić information content (AvgIpc) is 2.61. The van der Waals surface area contributed by atoms with Crippen LogP contribution in [0.5, 0.6) is 0 Å². The molecule has 5 nitrogen and oxygen atoms in total. The summed E-state index contributed by atoms with van der Waals surface area (Å²) in [6, 6.07) is 6.37. The Morgan fingerprint density at radius 2 is 1.89 bits per heavy atom. The minimum atomic E-state index is -0.639. The summed E-state index contributed by atoms with van der Waals surface area (Å²) in [5, 5.41) is 11.2. The molecule has 0 spiro atoms. The fourth-order valence-electron chi connectivity index (χ4n) is 3.18. The third-order valence-electron chi connectivity index (χ3n) is 4.59. The Balaban J connectivity index is 1.61. The number of nitro groups is 1. The third kappa shape index (κ3) is 4.79. The van der Waals surface area contributed by atoms with Crippen LogP contribution < -0.4 is 4.90 Å². The summed E-state index contributed by atoms with van der Waals surface area (Å²) in [6.45, 7) is 3.14. The van der Waals surface area contributed by atoms with E-state index in [1.54, 1.807) is 6.07 Å². The van der Waals surface area contributed by atoms with Crippen molar-refractivity contribution < 1.29 is 13.7 Å². The number of pyridine rings is 1. The first-order valence-corrected chi connectivity index (χ1v) is 8.74. The molecule has 0 amide bonds. The molecule has 0 bridgehead atoms. The number of anilines is 1. The molecule has 2 heterocycles. The van der Waals surface area contributed by atoms with Crippen LogP contribution in [0.3, 0.4) is 0 Å². The van der Waals surface area contributed by atoms with Crippen molar-refractivity contribution in [3.8, 4) is 11.8 Å². The normalized spacial score (nSPS) is 14.6. The van der Waals surface area contributed by atoms with Crippen LogP contribution in [-0.4, -0.2) is 23.0 Å². The van der Waals surface area contributed by atoms with Gasteiger partial charge in [-0.05, 0) is 43.9 Å². The van der Waals surface area contributed by atoms with Crippen LogP contribution in [0, 0.1) is 46.4 Å². The predicted octanol–water partition coefficient (Wildman–Crippen LogP) is 4.23. The number of aryl methyl sites for hydroxylation is 1. The Morgan fingerprint density at radius 1 is 1.22 bits per heavy atom. The van der Waals surface area contributed by atoms with Gasteiger partial charge in [-0.3, -0.25) is 10.1 Å². The highest BCUT2D eigenvalue weighted by Gasteiger charge is 2.25. The largest absolute Gasteiger partial charge is 0.351 e. The highest BCUT2D eigenvalue weighted by molar-refractivity contribution is 5.58. The molecule has 0 unspecified atom stereocenters. The lowest BCUT2D eigenvalue weighted by Gasteiger charge is -2.31. The van der Waals surface area contributed by atoms with Gasteiger partial charge in [0.15, 0.2) is 0 Å². The van der Waals surface area contributed by atoms with E-state index in [0.717, 1.165) is 24.6 Å². The molecule has 1 aliphatic heterocycles. The molecule has 1 aliphatic rings. The highest BCUT2D eigenvalue weighted by atomic mass is 19.1. The predicted molar refractivity (Wildman–Crippen MR) is 98.4 cm³/mol. The van der Waals surface area contributed by atoms with Gasteiger partial charge in [0.2, 0.25) is 5.82 Å². The van der Waals surface area contributed by atoms with E-state index in [2.05, 4.69) is 16.8 Å². The van der Waals surface area contributed by atoms with Crippen molar-refractivity contribution in [3.05, 3.63) is 63.3 Å². The molecule has 140 valence electrons. The van der Waals surface area contributed by atoms with E-state index in [4.69, 9.17) is 0 Å². The molecule has 27 heavy (non-hydrogen) atoms. The number of hydrogen-bond acceptors (Lipinski definition) is 4. The number of rotatable bonds is 3. The molecule has 1 aromatic carbocycles. The second-order valence-electron chi connectivity index (χ2n) is 6.65. The zero-order valence-electron chi connectivity index (χ0n) is 14.9. The second kappa shape index (κ2) is 8.12. The standard InChI is InChI=1S/C20H19F2N3O2/c1-14-5-6-19(25(26)27)20(23-14)24-9-7-15(8-10-24)3-2-4-16-11-17(21)13-18(22)12-16/h5-6,11-13,15H,3,7-10H2,1H3. The SMILES string of the molecule is Cc1ccc([N+](=O)[O-])c(N2CCC(CC#Cc3cc(F)cc(F)c3)CC2)n1. The van der Waals surface area contributed by atoms with Crippen molar-refractivity contribution in [2.24, 2.45) is 5.92 Å². The number of aromatic nitrogens is 1. The third-order valence-corrected chi connectivity index (χ3v) is 4.59. The molecule has 1 aromatic heterocycles. The van der Waals surface area contributed by atoms with Crippen LogP contribution in [0.2, 0.25) is 0 Å². The Labute approximate surface area is 156 Å². The number of nitrogens with zero attached hydrogens (tertiary/aromatic N) is 3. The second-order valence-corrected chi connectivity index (χ2v) is 6.65. The first-order valence-electron chi connectivity index (χ1n) is 8.74. The first kappa shape index (κ1) is 18.8. The van der Waals surface area contributed by atoms with E-state index in [1.807, 2.05) is 11.8 Å². The molecule has 1 saturated heterocycles. The lowest BCUT2D eigenvalue weighted by molar-refractivity contribution is -0.384. The minimum absolute atomic E-state index is 0.0203. The van der Waals surface area contributed by atoms with Crippen LogP contribution in [0.4, 0.5) is 20.3 Å². The van der Waals surface area contributed by atoms with E-state index in [-0.39, 0.29) is 5.69 Å². The Morgan fingerprint density at radius 3 is 2.52 bits per heavy atom. The van der Waals surface area contributed by atoms with Gasteiger partial charge in [0.05, 0.1) is 4.92 Å². The fraction of sp³-hybridized carbons (Fsp3) is 0.350. The molecular weight excluding hydrogens is 352 g/mol. The lowest BCUT2D eigenvalue weighted by Crippen LogP contribution is -2.34. The molecule has 3 rings (SSSR count). The van der Waals surface area contributed by atoms with Crippen molar-refractivity contribution in [1.29, 1.82) is 0 Å². The Hall–Kier alpha value is -3.01. The maximum Gasteiger partial charge on any atom is 0.311 e. The van der Waals surface area contributed by atoms with E-state index in [9.17, 15) is 18.9 Å². The van der Waals surface area contributed by atoms with Gasteiger partial charge < -0.3 is 4.90 Å². The molecule has 0 saturated carbocycles. The number of halogens is 2. The van der Waals surface area contributed by atoms with Crippen molar-refractivity contribution in [2.75, 3.05) is 18.0 Å². The van der Waals surface area contributed by atoms with Crippen molar-refractivity contribution in [2.45, 2.75) is 26.2 Å². The summed E-state index contributed by atoms with van der Waals surface area (Å²) >= 11 is 0. The van der Waals surface area contributed by atoms with E-state index in [1.165, 1.54) is 18.2 Å².